The van der Waals surface area contributed by atoms with Crippen molar-refractivity contribution in [3.63, 3.8) is 0 Å². The molecule has 3 rings (SSSR count). The second-order valence-electron chi connectivity index (χ2n) is 7.91. The molecule has 0 bridgehead atoms. The van der Waals surface area contributed by atoms with Crippen LogP contribution in [-0.2, 0) is 22.6 Å². The molecule has 1 aromatic rings. The van der Waals surface area contributed by atoms with Crippen molar-refractivity contribution >= 4 is 30.7 Å². The predicted octanol–water partition coefficient (Wildman–Crippen LogP) is 3.15. The lowest BCUT2D eigenvalue weighted by Crippen LogP contribution is -2.53. The average molecular weight is 432 g/mol. The minimum absolute atomic E-state index is 0. The third-order valence-electron chi connectivity index (χ3n) is 5.97. The molecule has 0 saturated carbocycles. The number of piperidine rings is 2. The second kappa shape index (κ2) is 12.0. The number of nitrogens with zero attached hydrogens (tertiary/aromatic N) is 1. The molecule has 0 unspecified atom stereocenters. The molecular weight excluding hydrogens is 397 g/mol. The van der Waals surface area contributed by atoms with Crippen LogP contribution in [-0.4, -0.2) is 49.7 Å². The first-order valence-electron chi connectivity index (χ1n) is 9.96. The summed E-state index contributed by atoms with van der Waals surface area (Å²) < 4.78 is 5.58. The molecule has 2 aliphatic heterocycles. The van der Waals surface area contributed by atoms with Gasteiger partial charge in [0.25, 0.3) is 5.91 Å². The van der Waals surface area contributed by atoms with Gasteiger partial charge < -0.3 is 15.4 Å². The maximum absolute atomic E-state index is 12.6. The first-order chi connectivity index (χ1) is 12.6. The molecular formula is C21H35Cl2N3O2. The summed E-state index contributed by atoms with van der Waals surface area (Å²) in [7, 11) is 1.64. The Labute approximate surface area is 181 Å². The Morgan fingerprint density at radius 2 is 1.71 bits per heavy atom. The lowest BCUT2D eigenvalue weighted by Gasteiger charge is -2.34. The number of benzene rings is 1. The van der Waals surface area contributed by atoms with E-state index in [1.165, 1.54) is 31.5 Å². The number of carbonyl (C=O) groups is 1. The van der Waals surface area contributed by atoms with Crippen molar-refractivity contribution < 1.29 is 9.53 Å². The van der Waals surface area contributed by atoms with E-state index in [0.29, 0.717) is 6.54 Å². The number of likely N-dealkylation sites (tertiary alicyclic amines) is 1. The summed E-state index contributed by atoms with van der Waals surface area (Å²) in [5.41, 5.74) is 1.81. The third-order valence-corrected chi connectivity index (χ3v) is 5.97. The largest absolute Gasteiger partial charge is 0.368 e. The molecule has 28 heavy (non-hydrogen) atoms. The minimum Gasteiger partial charge on any atom is -0.368 e. The SMILES string of the molecule is COC1(C(=O)NCc2ccc(CN3CCC(C)CC3)cc2)CCNCC1.Cl.Cl. The second-order valence-corrected chi connectivity index (χ2v) is 7.91. The van der Waals surface area contributed by atoms with E-state index in [1.807, 2.05) is 0 Å². The van der Waals surface area contributed by atoms with Crippen LogP contribution in [0.2, 0.25) is 0 Å². The molecule has 0 spiro atoms. The van der Waals surface area contributed by atoms with Crippen LogP contribution in [0.25, 0.3) is 0 Å². The molecule has 2 saturated heterocycles. The lowest BCUT2D eigenvalue weighted by atomic mass is 9.91. The van der Waals surface area contributed by atoms with Crippen molar-refractivity contribution in [2.45, 2.75) is 51.3 Å². The number of rotatable bonds is 6. The number of ether oxygens (including phenoxy) is 1. The first kappa shape index (κ1) is 25.2. The van der Waals surface area contributed by atoms with Gasteiger partial charge >= 0.3 is 0 Å². The highest BCUT2D eigenvalue weighted by Gasteiger charge is 2.39. The van der Waals surface area contributed by atoms with Gasteiger partial charge in [-0.25, -0.2) is 0 Å². The lowest BCUT2D eigenvalue weighted by molar-refractivity contribution is -0.146. The van der Waals surface area contributed by atoms with Crippen LogP contribution in [0.3, 0.4) is 0 Å². The normalized spacial score (nSPS) is 19.9. The minimum atomic E-state index is -0.670. The summed E-state index contributed by atoms with van der Waals surface area (Å²) in [6, 6.07) is 8.64. The zero-order valence-corrected chi connectivity index (χ0v) is 18.7. The van der Waals surface area contributed by atoms with Crippen molar-refractivity contribution in [1.29, 1.82) is 0 Å². The standard InChI is InChI=1S/C21H33N3O2.2ClH/c1-17-7-13-24(14-8-17)16-19-5-3-18(4-6-19)15-23-20(25)21(26-2)9-11-22-12-10-21;;/h3-6,17,22H,7-16H2,1-2H3,(H,23,25);2*1H. The summed E-state index contributed by atoms with van der Waals surface area (Å²) in [6.07, 6.45) is 4.06. The molecule has 2 aliphatic rings. The van der Waals surface area contributed by atoms with E-state index >= 15 is 0 Å². The third kappa shape index (κ3) is 6.60. The van der Waals surface area contributed by atoms with Gasteiger partial charge in [0.2, 0.25) is 0 Å². The van der Waals surface area contributed by atoms with E-state index in [0.717, 1.165) is 44.0 Å². The van der Waals surface area contributed by atoms with Crippen LogP contribution in [0.15, 0.2) is 24.3 Å². The van der Waals surface area contributed by atoms with Crippen molar-refractivity contribution in [2.75, 3.05) is 33.3 Å². The van der Waals surface area contributed by atoms with Crippen molar-refractivity contribution in [2.24, 2.45) is 5.92 Å². The molecule has 1 aromatic carbocycles. The molecule has 2 N–H and O–H groups in total. The van der Waals surface area contributed by atoms with Crippen molar-refractivity contribution in [1.82, 2.24) is 15.5 Å². The van der Waals surface area contributed by atoms with E-state index in [-0.39, 0.29) is 30.7 Å². The predicted molar refractivity (Wildman–Crippen MR) is 118 cm³/mol. The maximum Gasteiger partial charge on any atom is 0.252 e. The van der Waals surface area contributed by atoms with Gasteiger partial charge in [-0.15, -0.1) is 24.8 Å². The van der Waals surface area contributed by atoms with Crippen LogP contribution in [0.5, 0.6) is 0 Å². The number of hydrogen-bond donors (Lipinski definition) is 2. The van der Waals surface area contributed by atoms with Gasteiger partial charge in [-0.05, 0) is 68.9 Å². The highest BCUT2D eigenvalue weighted by molar-refractivity contribution is 5.86. The van der Waals surface area contributed by atoms with Crippen molar-refractivity contribution in [3.8, 4) is 0 Å². The highest BCUT2D eigenvalue weighted by Crippen LogP contribution is 2.23. The molecule has 160 valence electrons. The van der Waals surface area contributed by atoms with Gasteiger partial charge in [-0.1, -0.05) is 31.2 Å². The van der Waals surface area contributed by atoms with Gasteiger partial charge in [0.15, 0.2) is 0 Å². The monoisotopic (exact) mass is 431 g/mol. The molecule has 0 aliphatic carbocycles. The number of nitrogens with one attached hydrogen (secondary N) is 2. The fourth-order valence-corrected chi connectivity index (χ4v) is 3.94. The van der Waals surface area contributed by atoms with Crippen LogP contribution in [0.4, 0.5) is 0 Å². The first-order valence-corrected chi connectivity index (χ1v) is 9.96. The Hall–Kier alpha value is -0.850. The summed E-state index contributed by atoms with van der Waals surface area (Å²) in [4.78, 5) is 15.1. The summed E-state index contributed by atoms with van der Waals surface area (Å²) >= 11 is 0. The van der Waals surface area contributed by atoms with Gasteiger partial charge in [0, 0.05) is 20.2 Å². The van der Waals surface area contributed by atoms with Gasteiger partial charge in [-0.3, -0.25) is 9.69 Å². The molecule has 5 nitrogen and oxygen atoms in total. The van der Waals surface area contributed by atoms with Crippen molar-refractivity contribution in [3.05, 3.63) is 35.4 Å². The fourth-order valence-electron chi connectivity index (χ4n) is 3.94. The zero-order valence-electron chi connectivity index (χ0n) is 17.0. The van der Waals surface area contributed by atoms with E-state index in [4.69, 9.17) is 4.74 Å². The molecule has 0 atom stereocenters. The van der Waals surface area contributed by atoms with Crippen LogP contribution >= 0.6 is 24.8 Å². The molecule has 0 radical (unpaired) electrons. The molecule has 1 amide bonds. The van der Waals surface area contributed by atoms with Crippen LogP contribution in [0.1, 0.15) is 43.7 Å². The maximum atomic E-state index is 12.6. The smallest absolute Gasteiger partial charge is 0.252 e. The molecule has 2 heterocycles. The van der Waals surface area contributed by atoms with Crippen LogP contribution in [0, 0.1) is 5.92 Å². The van der Waals surface area contributed by atoms with E-state index in [2.05, 4.69) is 46.7 Å². The zero-order chi connectivity index (χ0) is 18.4. The Morgan fingerprint density at radius 3 is 2.29 bits per heavy atom. The van der Waals surface area contributed by atoms with E-state index in [9.17, 15) is 4.79 Å². The topological polar surface area (TPSA) is 53.6 Å². The summed E-state index contributed by atoms with van der Waals surface area (Å²) in [5.74, 6) is 0.876. The van der Waals surface area contributed by atoms with Gasteiger partial charge in [0.05, 0.1) is 0 Å². The summed E-state index contributed by atoms with van der Waals surface area (Å²) in [5, 5.41) is 6.34. The van der Waals surface area contributed by atoms with Gasteiger partial charge in [0.1, 0.15) is 5.60 Å². The molecule has 2 fully saturated rings. The van der Waals surface area contributed by atoms with Crippen LogP contribution < -0.4 is 10.6 Å². The Bertz CT molecular complexity index is 584. The number of carbonyl (C=O) groups excluding carboxylic acids is 1. The van der Waals surface area contributed by atoms with Gasteiger partial charge in [-0.2, -0.15) is 0 Å². The quantitative estimate of drug-likeness (QED) is 0.725. The number of methoxy groups -OCH3 is 1. The Kier molecular flexibility index (Phi) is 10.8. The highest BCUT2D eigenvalue weighted by atomic mass is 35.5. The van der Waals surface area contributed by atoms with E-state index in [1.54, 1.807) is 7.11 Å². The number of halogens is 2. The molecule has 7 heteroatoms. The summed E-state index contributed by atoms with van der Waals surface area (Å²) in [6.45, 7) is 7.98. The fraction of sp³-hybridized carbons (Fsp3) is 0.667. The number of hydrogen-bond acceptors (Lipinski definition) is 4. The Morgan fingerprint density at radius 1 is 1.14 bits per heavy atom. The van der Waals surface area contributed by atoms with E-state index < -0.39 is 5.60 Å². The molecule has 0 aromatic heterocycles. The average Bonchev–Trinajstić information content (AvgIpc) is 2.69. The number of amides is 1. The Balaban J connectivity index is 0.00000196.